The minimum absolute atomic E-state index is 0. The fraction of sp³-hybridized carbons (Fsp3) is 0.500. The van der Waals surface area contributed by atoms with Crippen LogP contribution in [0, 0.1) is 17.6 Å². The third-order valence-electron chi connectivity index (χ3n) is 3.42. The fourth-order valence-corrected chi connectivity index (χ4v) is 2.11. The lowest BCUT2D eigenvalue weighted by Crippen LogP contribution is -2.41. The molecule has 1 heterocycles. The predicted octanol–water partition coefficient (Wildman–Crippen LogP) is 0.850. The van der Waals surface area contributed by atoms with Gasteiger partial charge in [-0.3, -0.25) is 4.79 Å². The molecular weight excluding hydrogens is 318 g/mol. The van der Waals surface area contributed by atoms with E-state index in [0.717, 1.165) is 12.1 Å². The predicted molar refractivity (Wildman–Crippen MR) is 79.1 cm³/mol. The van der Waals surface area contributed by atoms with E-state index in [0.29, 0.717) is 19.6 Å². The van der Waals surface area contributed by atoms with Crippen LogP contribution in [0.15, 0.2) is 18.2 Å². The molecule has 1 aromatic carbocycles. The lowest BCUT2D eigenvalue weighted by atomic mass is 10.1. The summed E-state index contributed by atoms with van der Waals surface area (Å²) in [5, 5.41) is 15.3. The number of halogens is 3. The van der Waals surface area contributed by atoms with Gasteiger partial charge < -0.3 is 20.5 Å². The summed E-state index contributed by atoms with van der Waals surface area (Å²) < 4.78 is 31.1. The van der Waals surface area contributed by atoms with Crippen LogP contribution in [0.2, 0.25) is 0 Å². The second-order valence-corrected chi connectivity index (χ2v) is 5.07. The van der Waals surface area contributed by atoms with Gasteiger partial charge in [0.2, 0.25) is 0 Å². The number of carbonyl (C=O) groups excluding carboxylic acids is 1. The first kappa shape index (κ1) is 18.6. The number of ether oxygens (including phenoxy) is 1. The molecule has 1 aliphatic rings. The van der Waals surface area contributed by atoms with E-state index >= 15 is 0 Å². The van der Waals surface area contributed by atoms with E-state index in [1.165, 1.54) is 13.0 Å². The van der Waals surface area contributed by atoms with Crippen molar-refractivity contribution in [3.8, 4) is 5.75 Å². The molecule has 1 amide bonds. The van der Waals surface area contributed by atoms with Crippen LogP contribution in [0.5, 0.6) is 5.75 Å². The minimum atomic E-state index is -1.03. The van der Waals surface area contributed by atoms with Crippen molar-refractivity contribution < 1.29 is 23.4 Å². The fourth-order valence-electron chi connectivity index (χ4n) is 2.11. The first-order valence-electron chi connectivity index (χ1n) is 6.75. The van der Waals surface area contributed by atoms with Crippen molar-refractivity contribution in [2.75, 3.05) is 19.6 Å². The van der Waals surface area contributed by atoms with Crippen molar-refractivity contribution in [1.29, 1.82) is 0 Å². The van der Waals surface area contributed by atoms with E-state index in [2.05, 4.69) is 10.6 Å². The zero-order chi connectivity index (χ0) is 15.4. The summed E-state index contributed by atoms with van der Waals surface area (Å²) in [6.07, 6.45) is -1.32. The largest absolute Gasteiger partial charge is 0.481 e. The Bertz CT molecular complexity index is 519. The van der Waals surface area contributed by atoms with Crippen LogP contribution in [-0.4, -0.2) is 42.9 Å². The van der Waals surface area contributed by atoms with Gasteiger partial charge in [0.25, 0.3) is 5.91 Å². The molecule has 3 unspecified atom stereocenters. The highest BCUT2D eigenvalue weighted by molar-refractivity contribution is 5.85. The van der Waals surface area contributed by atoms with Gasteiger partial charge in [0, 0.05) is 31.6 Å². The molecule has 0 aromatic heterocycles. The third-order valence-corrected chi connectivity index (χ3v) is 3.42. The Kier molecular flexibility index (Phi) is 6.99. The van der Waals surface area contributed by atoms with Crippen molar-refractivity contribution >= 4 is 18.3 Å². The number of carbonyl (C=O) groups is 1. The summed E-state index contributed by atoms with van der Waals surface area (Å²) in [6.45, 7) is 3.00. The second kappa shape index (κ2) is 8.26. The number of benzene rings is 1. The topological polar surface area (TPSA) is 70.6 Å². The maximum Gasteiger partial charge on any atom is 0.260 e. The molecule has 22 heavy (non-hydrogen) atoms. The van der Waals surface area contributed by atoms with Gasteiger partial charge in [0.15, 0.2) is 17.7 Å². The van der Waals surface area contributed by atoms with E-state index in [-0.39, 0.29) is 30.0 Å². The smallest absolute Gasteiger partial charge is 0.260 e. The lowest BCUT2D eigenvalue weighted by molar-refractivity contribution is -0.127. The number of β-amino-alcohol motifs (C(OH)–C–C–N with tert-alkyl or cyclic N) is 1. The summed E-state index contributed by atoms with van der Waals surface area (Å²) in [7, 11) is 0. The number of nitrogens with one attached hydrogen (secondary N) is 2. The van der Waals surface area contributed by atoms with Gasteiger partial charge in [-0.25, -0.2) is 8.78 Å². The first-order chi connectivity index (χ1) is 9.97. The van der Waals surface area contributed by atoms with Crippen LogP contribution in [0.1, 0.15) is 6.92 Å². The van der Waals surface area contributed by atoms with Crippen LogP contribution < -0.4 is 15.4 Å². The molecule has 8 heteroatoms. The number of aliphatic hydroxyl groups excluding tert-OH is 1. The Balaban J connectivity index is 0.00000242. The molecule has 1 fully saturated rings. The normalized spacial score (nSPS) is 21.8. The van der Waals surface area contributed by atoms with E-state index in [4.69, 9.17) is 4.74 Å². The van der Waals surface area contributed by atoms with Gasteiger partial charge in [0.05, 0.1) is 6.10 Å². The summed E-state index contributed by atoms with van der Waals surface area (Å²) in [4.78, 5) is 11.9. The second-order valence-electron chi connectivity index (χ2n) is 5.07. The molecule has 0 aliphatic carbocycles. The highest BCUT2D eigenvalue weighted by Gasteiger charge is 2.26. The van der Waals surface area contributed by atoms with Crippen LogP contribution in [-0.2, 0) is 4.79 Å². The molecule has 1 aliphatic heterocycles. The van der Waals surface area contributed by atoms with Gasteiger partial charge in [-0.15, -0.1) is 12.4 Å². The van der Waals surface area contributed by atoms with Crippen molar-refractivity contribution in [3.63, 3.8) is 0 Å². The Hall–Kier alpha value is -1.44. The van der Waals surface area contributed by atoms with Crippen LogP contribution in [0.25, 0.3) is 0 Å². The number of hydrogen-bond donors (Lipinski definition) is 3. The highest BCUT2D eigenvalue weighted by Crippen LogP contribution is 2.17. The molecule has 0 bridgehead atoms. The zero-order valence-electron chi connectivity index (χ0n) is 12.0. The molecule has 0 radical (unpaired) electrons. The molecule has 124 valence electrons. The molecule has 3 atom stereocenters. The SMILES string of the molecule is CC(Oc1ccc(F)c(F)c1)C(=O)NCC1CNCC1O.Cl. The third kappa shape index (κ3) is 4.79. The molecule has 1 aromatic rings. The average molecular weight is 337 g/mol. The molecule has 0 spiro atoms. The van der Waals surface area contributed by atoms with Crippen molar-refractivity contribution in [1.82, 2.24) is 10.6 Å². The Morgan fingerprint density at radius 3 is 2.77 bits per heavy atom. The molecule has 3 N–H and O–H groups in total. The number of aliphatic hydroxyl groups is 1. The van der Waals surface area contributed by atoms with Crippen molar-refractivity contribution in [3.05, 3.63) is 29.8 Å². The number of amides is 1. The Labute approximate surface area is 133 Å². The van der Waals surface area contributed by atoms with Gasteiger partial charge in [-0.1, -0.05) is 0 Å². The lowest BCUT2D eigenvalue weighted by Gasteiger charge is -2.18. The minimum Gasteiger partial charge on any atom is -0.481 e. The molecule has 1 saturated heterocycles. The first-order valence-corrected chi connectivity index (χ1v) is 6.75. The molecular formula is C14H19ClF2N2O3. The van der Waals surface area contributed by atoms with Gasteiger partial charge in [-0.05, 0) is 19.1 Å². The highest BCUT2D eigenvalue weighted by atomic mass is 35.5. The monoisotopic (exact) mass is 336 g/mol. The van der Waals surface area contributed by atoms with Crippen LogP contribution in [0.4, 0.5) is 8.78 Å². The molecule has 0 saturated carbocycles. The number of hydrogen-bond acceptors (Lipinski definition) is 4. The Morgan fingerprint density at radius 1 is 1.45 bits per heavy atom. The standard InChI is InChI=1S/C14H18F2N2O3.ClH/c1-8(21-10-2-3-11(15)12(16)4-10)14(20)18-6-9-5-17-7-13(9)19;/h2-4,8-9,13,17,19H,5-7H2,1H3,(H,18,20);1H. The van der Waals surface area contributed by atoms with Crippen LogP contribution in [0.3, 0.4) is 0 Å². The van der Waals surface area contributed by atoms with E-state index in [9.17, 15) is 18.7 Å². The average Bonchev–Trinajstić information content (AvgIpc) is 2.85. The summed E-state index contributed by atoms with van der Waals surface area (Å²) >= 11 is 0. The number of rotatable bonds is 5. The van der Waals surface area contributed by atoms with E-state index in [1.54, 1.807) is 0 Å². The van der Waals surface area contributed by atoms with Crippen molar-refractivity contribution in [2.45, 2.75) is 19.1 Å². The van der Waals surface area contributed by atoms with E-state index in [1.807, 2.05) is 0 Å². The maximum absolute atomic E-state index is 13.0. The quantitative estimate of drug-likeness (QED) is 0.745. The van der Waals surface area contributed by atoms with Gasteiger partial charge in [-0.2, -0.15) is 0 Å². The van der Waals surface area contributed by atoms with Gasteiger partial charge in [0.1, 0.15) is 5.75 Å². The maximum atomic E-state index is 13.0. The van der Waals surface area contributed by atoms with Crippen molar-refractivity contribution in [2.24, 2.45) is 5.92 Å². The zero-order valence-corrected chi connectivity index (χ0v) is 12.8. The van der Waals surface area contributed by atoms with Crippen LogP contribution >= 0.6 is 12.4 Å². The summed E-state index contributed by atoms with van der Waals surface area (Å²) in [5.74, 6) is -2.33. The molecule has 5 nitrogen and oxygen atoms in total. The summed E-state index contributed by atoms with van der Waals surface area (Å²) in [6, 6.07) is 3.09. The van der Waals surface area contributed by atoms with E-state index < -0.39 is 23.8 Å². The molecule has 2 rings (SSSR count). The van der Waals surface area contributed by atoms with Gasteiger partial charge >= 0.3 is 0 Å². The summed E-state index contributed by atoms with van der Waals surface area (Å²) in [5.41, 5.74) is 0. The Morgan fingerprint density at radius 2 is 2.18 bits per heavy atom.